The van der Waals surface area contributed by atoms with Crippen LogP contribution >= 0.6 is 0 Å². The van der Waals surface area contributed by atoms with E-state index in [2.05, 4.69) is 17.3 Å². The molecule has 0 bridgehead atoms. The zero-order chi connectivity index (χ0) is 13.7. The van der Waals surface area contributed by atoms with Gasteiger partial charge in [-0.25, -0.2) is 0 Å². The molecule has 1 atom stereocenters. The molecule has 0 saturated carbocycles. The Balaban J connectivity index is 1.82. The molecular weight excluding hydrogens is 238 g/mol. The molecule has 1 aliphatic heterocycles. The Morgan fingerprint density at radius 1 is 1.42 bits per heavy atom. The van der Waals surface area contributed by atoms with Crippen LogP contribution in [0, 0.1) is 0 Å². The first-order chi connectivity index (χ1) is 9.16. The van der Waals surface area contributed by atoms with Crippen LogP contribution in [-0.2, 0) is 4.79 Å². The second-order valence-corrected chi connectivity index (χ2v) is 5.28. The van der Waals surface area contributed by atoms with Crippen LogP contribution in [0.4, 0.5) is 5.69 Å². The van der Waals surface area contributed by atoms with Gasteiger partial charge in [0.05, 0.1) is 6.54 Å². The van der Waals surface area contributed by atoms with E-state index in [1.807, 2.05) is 42.3 Å². The number of anilines is 1. The number of likely N-dealkylation sites (tertiary alicyclic amines) is 1. The van der Waals surface area contributed by atoms with Gasteiger partial charge in [0.25, 0.3) is 0 Å². The average Bonchev–Trinajstić information content (AvgIpc) is 2.45. The van der Waals surface area contributed by atoms with E-state index in [1.165, 1.54) is 6.42 Å². The van der Waals surface area contributed by atoms with Gasteiger partial charge in [-0.2, -0.15) is 0 Å². The second kappa shape index (κ2) is 6.57. The molecule has 0 radical (unpaired) electrons. The molecule has 1 aliphatic rings. The Morgan fingerprint density at radius 2 is 2.16 bits per heavy atom. The van der Waals surface area contributed by atoms with E-state index in [0.29, 0.717) is 12.6 Å². The molecule has 1 aromatic carbocycles. The van der Waals surface area contributed by atoms with Crippen LogP contribution in [0.2, 0.25) is 0 Å². The molecule has 4 heteroatoms. The van der Waals surface area contributed by atoms with Crippen LogP contribution < -0.4 is 5.32 Å². The van der Waals surface area contributed by atoms with Crippen molar-refractivity contribution in [2.24, 2.45) is 0 Å². The van der Waals surface area contributed by atoms with Crippen molar-refractivity contribution in [2.45, 2.75) is 18.9 Å². The normalized spacial score (nSPS) is 20.0. The maximum Gasteiger partial charge on any atom is 0.241 e. The van der Waals surface area contributed by atoms with Crippen LogP contribution in [0.1, 0.15) is 12.8 Å². The van der Waals surface area contributed by atoms with E-state index in [0.717, 1.165) is 25.2 Å². The summed E-state index contributed by atoms with van der Waals surface area (Å²) in [5, 5.41) is 3.17. The van der Waals surface area contributed by atoms with Crippen molar-refractivity contribution in [3.05, 3.63) is 30.3 Å². The number of likely N-dealkylation sites (N-methyl/N-ethyl adjacent to an activating group) is 2. The molecule has 2 rings (SSSR count). The van der Waals surface area contributed by atoms with Crippen molar-refractivity contribution in [1.29, 1.82) is 0 Å². The van der Waals surface area contributed by atoms with Crippen molar-refractivity contribution < 1.29 is 4.79 Å². The van der Waals surface area contributed by atoms with Crippen molar-refractivity contribution in [2.75, 3.05) is 39.0 Å². The van der Waals surface area contributed by atoms with Gasteiger partial charge in [-0.05, 0) is 38.6 Å². The van der Waals surface area contributed by atoms with Crippen LogP contribution in [0.25, 0.3) is 0 Å². The topological polar surface area (TPSA) is 35.6 Å². The van der Waals surface area contributed by atoms with E-state index in [1.54, 1.807) is 0 Å². The second-order valence-electron chi connectivity index (χ2n) is 5.28. The fourth-order valence-electron chi connectivity index (χ4n) is 2.52. The molecule has 1 heterocycles. The minimum absolute atomic E-state index is 0.157. The first-order valence-electron chi connectivity index (χ1n) is 6.90. The summed E-state index contributed by atoms with van der Waals surface area (Å²) in [6.45, 7) is 2.48. The fraction of sp³-hybridized carbons (Fsp3) is 0.533. The SMILES string of the molecule is CN1CCCC(N(C)C(=O)CNc2ccccc2)C1. The fourth-order valence-corrected chi connectivity index (χ4v) is 2.52. The first kappa shape index (κ1) is 13.9. The van der Waals surface area contributed by atoms with Crippen LogP contribution in [0.5, 0.6) is 0 Å². The van der Waals surface area contributed by atoms with E-state index < -0.39 is 0 Å². The number of carbonyl (C=O) groups is 1. The molecule has 1 unspecified atom stereocenters. The molecule has 1 amide bonds. The summed E-state index contributed by atoms with van der Waals surface area (Å²) in [5.41, 5.74) is 0.991. The van der Waals surface area contributed by atoms with Gasteiger partial charge in [-0.3, -0.25) is 4.79 Å². The Morgan fingerprint density at radius 3 is 2.84 bits per heavy atom. The number of amides is 1. The number of carbonyl (C=O) groups excluding carboxylic acids is 1. The van der Waals surface area contributed by atoms with Gasteiger partial charge < -0.3 is 15.1 Å². The lowest BCUT2D eigenvalue weighted by atomic mass is 10.1. The lowest BCUT2D eigenvalue weighted by Crippen LogP contribution is -2.48. The maximum absolute atomic E-state index is 12.2. The minimum atomic E-state index is 0.157. The van der Waals surface area contributed by atoms with Gasteiger partial charge in [-0.15, -0.1) is 0 Å². The maximum atomic E-state index is 12.2. The molecule has 0 spiro atoms. The summed E-state index contributed by atoms with van der Waals surface area (Å²) in [6, 6.07) is 10.2. The molecule has 19 heavy (non-hydrogen) atoms. The molecule has 4 nitrogen and oxygen atoms in total. The summed E-state index contributed by atoms with van der Waals surface area (Å²) in [6.07, 6.45) is 2.28. The molecule has 0 aromatic heterocycles. The monoisotopic (exact) mass is 261 g/mol. The molecular formula is C15H23N3O. The molecule has 104 valence electrons. The quantitative estimate of drug-likeness (QED) is 0.895. The number of hydrogen-bond donors (Lipinski definition) is 1. The summed E-state index contributed by atoms with van der Waals surface area (Å²) in [5.74, 6) is 0.157. The number of piperidine rings is 1. The average molecular weight is 261 g/mol. The van der Waals surface area contributed by atoms with Gasteiger partial charge >= 0.3 is 0 Å². The summed E-state index contributed by atoms with van der Waals surface area (Å²) >= 11 is 0. The Labute approximate surface area is 115 Å². The molecule has 1 N–H and O–H groups in total. The lowest BCUT2D eigenvalue weighted by molar-refractivity contribution is -0.130. The Bertz CT molecular complexity index is 407. The Kier molecular flexibility index (Phi) is 4.80. The number of nitrogens with zero attached hydrogens (tertiary/aromatic N) is 2. The van der Waals surface area contributed by atoms with Gasteiger partial charge in [0.2, 0.25) is 5.91 Å². The number of hydrogen-bond acceptors (Lipinski definition) is 3. The van der Waals surface area contributed by atoms with E-state index in [-0.39, 0.29) is 5.91 Å². The third-order valence-electron chi connectivity index (χ3n) is 3.76. The highest BCUT2D eigenvalue weighted by Crippen LogP contribution is 2.13. The van der Waals surface area contributed by atoms with Crippen LogP contribution in [0.3, 0.4) is 0 Å². The van der Waals surface area contributed by atoms with Gasteiger partial charge in [0.15, 0.2) is 0 Å². The number of para-hydroxylation sites is 1. The smallest absolute Gasteiger partial charge is 0.241 e. The standard InChI is InChI=1S/C15H23N3O/c1-17-10-6-9-14(12-17)18(2)15(19)11-16-13-7-4-3-5-8-13/h3-5,7-8,14,16H,6,9-12H2,1-2H3. The van der Waals surface area contributed by atoms with Crippen LogP contribution in [-0.4, -0.2) is 55.5 Å². The van der Waals surface area contributed by atoms with Crippen molar-refractivity contribution in [1.82, 2.24) is 9.80 Å². The van der Waals surface area contributed by atoms with Gasteiger partial charge in [0.1, 0.15) is 0 Å². The van der Waals surface area contributed by atoms with Gasteiger partial charge in [0, 0.05) is 25.3 Å². The highest BCUT2D eigenvalue weighted by molar-refractivity contribution is 5.80. The molecule has 0 aliphatic carbocycles. The highest BCUT2D eigenvalue weighted by Gasteiger charge is 2.23. The first-order valence-corrected chi connectivity index (χ1v) is 6.90. The number of nitrogens with one attached hydrogen (secondary N) is 1. The Hall–Kier alpha value is -1.55. The third kappa shape index (κ3) is 3.96. The lowest BCUT2D eigenvalue weighted by Gasteiger charge is -2.36. The third-order valence-corrected chi connectivity index (χ3v) is 3.76. The van der Waals surface area contributed by atoms with E-state index >= 15 is 0 Å². The summed E-state index contributed by atoms with van der Waals surface area (Å²) in [4.78, 5) is 16.4. The zero-order valence-electron chi connectivity index (χ0n) is 11.8. The zero-order valence-corrected chi connectivity index (χ0v) is 11.8. The number of benzene rings is 1. The number of rotatable bonds is 4. The molecule has 1 aromatic rings. The molecule has 1 saturated heterocycles. The largest absolute Gasteiger partial charge is 0.376 e. The predicted octanol–water partition coefficient (Wildman–Crippen LogP) is 1.65. The predicted molar refractivity (Wildman–Crippen MR) is 78.2 cm³/mol. The molecule has 1 fully saturated rings. The minimum Gasteiger partial charge on any atom is -0.376 e. The van der Waals surface area contributed by atoms with E-state index in [4.69, 9.17) is 0 Å². The summed E-state index contributed by atoms with van der Waals surface area (Å²) < 4.78 is 0. The van der Waals surface area contributed by atoms with E-state index in [9.17, 15) is 4.79 Å². The van der Waals surface area contributed by atoms with Crippen molar-refractivity contribution >= 4 is 11.6 Å². The van der Waals surface area contributed by atoms with Crippen molar-refractivity contribution in [3.63, 3.8) is 0 Å². The summed E-state index contributed by atoms with van der Waals surface area (Å²) in [7, 11) is 4.03. The van der Waals surface area contributed by atoms with Gasteiger partial charge in [-0.1, -0.05) is 18.2 Å². The van der Waals surface area contributed by atoms with Crippen LogP contribution in [0.15, 0.2) is 30.3 Å². The van der Waals surface area contributed by atoms with Crippen molar-refractivity contribution in [3.8, 4) is 0 Å². The highest BCUT2D eigenvalue weighted by atomic mass is 16.2.